The van der Waals surface area contributed by atoms with E-state index >= 15 is 0 Å². The number of benzene rings is 2. The summed E-state index contributed by atoms with van der Waals surface area (Å²) in [5.74, 6) is -2.78. The first-order valence-corrected chi connectivity index (χ1v) is 12.4. The van der Waals surface area contributed by atoms with E-state index in [-0.39, 0.29) is 28.8 Å². The highest BCUT2D eigenvalue weighted by molar-refractivity contribution is 6.32. The average molecular weight is 563 g/mol. The highest BCUT2D eigenvalue weighted by Gasteiger charge is 2.26. The molecule has 3 aromatic heterocycles. The van der Waals surface area contributed by atoms with Gasteiger partial charge < -0.3 is 15.4 Å². The van der Waals surface area contributed by atoms with Crippen LogP contribution in [0, 0.1) is 28.9 Å². The van der Waals surface area contributed by atoms with Gasteiger partial charge in [-0.3, -0.25) is 4.98 Å². The zero-order valence-corrected chi connectivity index (χ0v) is 21.2. The van der Waals surface area contributed by atoms with E-state index in [1.807, 2.05) is 0 Å². The van der Waals surface area contributed by atoms with Crippen LogP contribution in [0.15, 0.2) is 61.1 Å². The van der Waals surface area contributed by atoms with Crippen LogP contribution in [0.5, 0.6) is 0 Å². The summed E-state index contributed by atoms with van der Waals surface area (Å²) in [7, 11) is 0. The van der Waals surface area contributed by atoms with Gasteiger partial charge in [0.05, 0.1) is 59.8 Å². The molecule has 4 heterocycles. The van der Waals surface area contributed by atoms with Crippen molar-refractivity contribution >= 4 is 39.6 Å². The minimum atomic E-state index is -1.24. The van der Waals surface area contributed by atoms with Gasteiger partial charge in [-0.1, -0.05) is 28.9 Å². The third kappa shape index (κ3) is 4.88. The van der Waals surface area contributed by atoms with Gasteiger partial charge >= 0.3 is 0 Å². The van der Waals surface area contributed by atoms with Crippen molar-refractivity contribution in [2.45, 2.75) is 12.1 Å². The van der Waals surface area contributed by atoms with Crippen LogP contribution in [0.4, 0.5) is 30.2 Å². The standard InChI is InChI=1S/C27H18ClF3N8O/c28-16-5-20-24(35-18-7-21(30)27(31)34-10-18)15(8-32)9-33-26(20)22(6-16)36-25(14-1-3-17(29)4-2-14)23-11-39(38-37-23)19-12-40-13-19/h1-7,9-11,19,25,36H,12-13H2,(H,33,35)/t25-/m0/s1. The number of nitrogens with one attached hydrogen (secondary N) is 2. The van der Waals surface area contributed by atoms with E-state index in [4.69, 9.17) is 16.3 Å². The monoisotopic (exact) mass is 562 g/mol. The van der Waals surface area contributed by atoms with Crippen molar-refractivity contribution in [2.24, 2.45) is 0 Å². The first kappa shape index (κ1) is 25.5. The molecular formula is C27H18ClF3N8O. The zero-order chi connectivity index (χ0) is 27.8. The third-order valence-corrected chi connectivity index (χ3v) is 6.66. The lowest BCUT2D eigenvalue weighted by atomic mass is 10.0. The molecule has 200 valence electrons. The minimum absolute atomic E-state index is 0.0765. The molecule has 0 unspecified atom stereocenters. The van der Waals surface area contributed by atoms with Crippen molar-refractivity contribution in [3.8, 4) is 6.07 Å². The third-order valence-electron chi connectivity index (χ3n) is 6.44. The molecule has 13 heteroatoms. The quantitative estimate of drug-likeness (QED) is 0.244. The van der Waals surface area contributed by atoms with Crippen molar-refractivity contribution < 1.29 is 17.9 Å². The largest absolute Gasteiger partial charge is 0.377 e. The zero-order valence-electron chi connectivity index (χ0n) is 20.4. The smallest absolute Gasteiger partial charge is 0.249 e. The normalized spacial score (nSPS) is 14.0. The maximum atomic E-state index is 13.8. The minimum Gasteiger partial charge on any atom is -0.377 e. The van der Waals surface area contributed by atoms with Crippen LogP contribution in [-0.4, -0.2) is 38.2 Å². The summed E-state index contributed by atoms with van der Waals surface area (Å²) in [5.41, 5.74) is 2.71. The van der Waals surface area contributed by atoms with Gasteiger partial charge in [-0.25, -0.2) is 18.4 Å². The first-order chi connectivity index (χ1) is 19.4. The fraction of sp³-hybridized carbons (Fsp3) is 0.148. The van der Waals surface area contributed by atoms with Gasteiger partial charge in [-0.2, -0.15) is 9.65 Å². The second-order valence-corrected chi connectivity index (χ2v) is 9.51. The molecule has 1 aliphatic rings. The van der Waals surface area contributed by atoms with Gasteiger partial charge in [0.15, 0.2) is 5.82 Å². The van der Waals surface area contributed by atoms with Gasteiger partial charge in [0.1, 0.15) is 23.6 Å². The molecule has 0 radical (unpaired) electrons. The van der Waals surface area contributed by atoms with Gasteiger partial charge in [-0.15, -0.1) is 5.10 Å². The van der Waals surface area contributed by atoms with Gasteiger partial charge in [0.25, 0.3) is 0 Å². The van der Waals surface area contributed by atoms with E-state index in [1.165, 1.54) is 18.3 Å². The van der Waals surface area contributed by atoms with Crippen LogP contribution in [0.3, 0.4) is 0 Å². The summed E-state index contributed by atoms with van der Waals surface area (Å²) < 4.78 is 48.0. The highest BCUT2D eigenvalue weighted by Crippen LogP contribution is 2.37. The maximum Gasteiger partial charge on any atom is 0.249 e. The molecule has 2 N–H and O–H groups in total. The van der Waals surface area contributed by atoms with Crippen LogP contribution < -0.4 is 10.6 Å². The summed E-state index contributed by atoms with van der Waals surface area (Å²) in [6.07, 6.45) is 4.26. The Bertz CT molecular complexity index is 1770. The molecule has 0 bridgehead atoms. The number of hydrogen-bond donors (Lipinski definition) is 2. The molecule has 0 spiro atoms. The Labute approximate surface area is 230 Å². The summed E-state index contributed by atoms with van der Waals surface area (Å²) >= 11 is 6.51. The highest BCUT2D eigenvalue weighted by atomic mass is 35.5. The van der Waals surface area contributed by atoms with Crippen molar-refractivity contribution in [3.63, 3.8) is 0 Å². The van der Waals surface area contributed by atoms with Gasteiger partial charge in [0, 0.05) is 22.7 Å². The molecule has 9 nitrogen and oxygen atoms in total. The number of hydrogen-bond acceptors (Lipinski definition) is 8. The number of fused-ring (bicyclic) bond motifs is 1. The number of anilines is 3. The number of aromatic nitrogens is 5. The number of halogens is 4. The summed E-state index contributed by atoms with van der Waals surface area (Å²) in [4.78, 5) is 7.88. The van der Waals surface area contributed by atoms with Crippen LogP contribution in [0.1, 0.15) is 28.9 Å². The molecule has 1 atom stereocenters. The number of nitriles is 1. The summed E-state index contributed by atoms with van der Waals surface area (Å²) in [6, 6.07) is 11.7. The van der Waals surface area contributed by atoms with Crippen molar-refractivity contribution in [1.29, 1.82) is 5.26 Å². The Morgan fingerprint density at radius 3 is 2.58 bits per heavy atom. The fourth-order valence-electron chi connectivity index (χ4n) is 4.35. The number of nitrogens with zero attached hydrogens (tertiary/aromatic N) is 6. The molecule has 6 rings (SSSR count). The van der Waals surface area contributed by atoms with E-state index in [0.29, 0.717) is 46.1 Å². The van der Waals surface area contributed by atoms with Crippen molar-refractivity contribution in [3.05, 3.63) is 100 Å². The Kier molecular flexibility index (Phi) is 6.67. The Morgan fingerprint density at radius 2 is 1.88 bits per heavy atom. The van der Waals surface area contributed by atoms with Gasteiger partial charge in [0.2, 0.25) is 5.95 Å². The van der Waals surface area contributed by atoms with E-state index in [2.05, 4.69) is 37.0 Å². The van der Waals surface area contributed by atoms with Crippen molar-refractivity contribution in [1.82, 2.24) is 25.0 Å². The second-order valence-electron chi connectivity index (χ2n) is 9.07. The van der Waals surface area contributed by atoms with Crippen LogP contribution in [0.2, 0.25) is 5.02 Å². The van der Waals surface area contributed by atoms with E-state index in [0.717, 1.165) is 12.3 Å². The molecule has 5 aromatic rings. The number of pyridine rings is 2. The van der Waals surface area contributed by atoms with Crippen LogP contribution >= 0.6 is 11.6 Å². The summed E-state index contributed by atoms with van der Waals surface area (Å²) in [6.45, 7) is 1.07. The van der Waals surface area contributed by atoms with Crippen LogP contribution in [0.25, 0.3) is 10.9 Å². The Hall–Kier alpha value is -4.73. The maximum absolute atomic E-state index is 13.8. The molecular weight excluding hydrogens is 545 g/mol. The molecule has 1 saturated heterocycles. The molecule has 0 amide bonds. The van der Waals surface area contributed by atoms with E-state index < -0.39 is 17.8 Å². The number of rotatable bonds is 7. The molecule has 1 fully saturated rings. The SMILES string of the molecule is N#Cc1cnc2c(N[C@@H](c3ccc(F)cc3)c3cn(C4COC4)nn3)cc(Cl)cc2c1Nc1cnc(F)c(F)c1. The van der Waals surface area contributed by atoms with E-state index in [9.17, 15) is 18.4 Å². The average Bonchev–Trinajstić information content (AvgIpc) is 3.38. The number of ether oxygens (including phenoxy) is 1. The predicted molar refractivity (Wildman–Crippen MR) is 141 cm³/mol. The lowest BCUT2D eigenvalue weighted by Crippen LogP contribution is -2.31. The second kappa shape index (κ2) is 10.4. The molecule has 2 aromatic carbocycles. The van der Waals surface area contributed by atoms with E-state index in [1.54, 1.807) is 35.1 Å². The first-order valence-electron chi connectivity index (χ1n) is 12.0. The fourth-order valence-corrected chi connectivity index (χ4v) is 4.57. The Morgan fingerprint density at radius 1 is 1.07 bits per heavy atom. The van der Waals surface area contributed by atoms with Gasteiger partial charge in [-0.05, 0) is 29.8 Å². The lowest BCUT2D eigenvalue weighted by molar-refractivity contribution is -0.0293. The topological polar surface area (TPSA) is 114 Å². The molecule has 1 aliphatic heterocycles. The lowest BCUT2D eigenvalue weighted by Gasteiger charge is -2.25. The Balaban J connectivity index is 1.45. The predicted octanol–water partition coefficient (Wildman–Crippen LogP) is 5.68. The van der Waals surface area contributed by atoms with Crippen LogP contribution in [-0.2, 0) is 4.74 Å². The summed E-state index contributed by atoms with van der Waals surface area (Å²) in [5, 5.41) is 25.4. The molecule has 0 saturated carbocycles. The van der Waals surface area contributed by atoms with Crippen molar-refractivity contribution in [2.75, 3.05) is 23.8 Å². The molecule has 0 aliphatic carbocycles. The molecule has 40 heavy (non-hydrogen) atoms.